The second kappa shape index (κ2) is 2.65. The Balaban J connectivity index is 3.82. The summed E-state index contributed by atoms with van der Waals surface area (Å²) >= 11 is 0. The Kier molecular flexibility index (Phi) is 2.72. The molecule has 0 saturated heterocycles. The van der Waals surface area contributed by atoms with Crippen LogP contribution in [0.25, 0.3) is 0 Å². The zero-order chi connectivity index (χ0) is 6.78. The summed E-state index contributed by atoms with van der Waals surface area (Å²) in [6.07, 6.45) is 0. The Morgan fingerprint density at radius 3 is 1.88 bits per heavy atom. The molecule has 2 nitrogen and oxygen atoms in total. The molecule has 49 valence electrons. The van der Waals surface area contributed by atoms with Crippen molar-refractivity contribution in [3.8, 4) is 0 Å². The Morgan fingerprint density at radius 1 is 1.50 bits per heavy atom. The van der Waals surface area contributed by atoms with Crippen LogP contribution in [0, 0.1) is 6.54 Å². The van der Waals surface area contributed by atoms with E-state index in [9.17, 15) is 4.57 Å². The van der Waals surface area contributed by atoms with Crippen LogP contribution in [0.15, 0.2) is 0 Å². The minimum atomic E-state index is -1.98. The molecule has 0 spiro atoms. The predicted octanol–water partition coefficient (Wildman–Crippen LogP) is 1.64. The molecule has 1 radical (unpaired) electrons. The Morgan fingerprint density at radius 2 is 1.88 bits per heavy atom. The SMILES string of the molecule is C[CH]N(C)P(C)(C)=O. The molecule has 0 fully saturated rings. The second-order valence-corrected chi connectivity index (χ2v) is 5.34. The van der Waals surface area contributed by atoms with Crippen LogP contribution in [-0.2, 0) is 4.57 Å². The van der Waals surface area contributed by atoms with Gasteiger partial charge in [-0.25, -0.2) is 0 Å². The van der Waals surface area contributed by atoms with Gasteiger partial charge in [0.15, 0.2) is 0 Å². The summed E-state index contributed by atoms with van der Waals surface area (Å²) in [4.78, 5) is 0. The molecular weight excluding hydrogens is 121 g/mol. The molecule has 0 aliphatic carbocycles. The van der Waals surface area contributed by atoms with Crippen molar-refractivity contribution in [1.82, 2.24) is 4.67 Å². The normalized spacial score (nSPS) is 12.6. The van der Waals surface area contributed by atoms with Gasteiger partial charge in [0.05, 0.1) is 0 Å². The molecule has 0 aromatic heterocycles. The van der Waals surface area contributed by atoms with Gasteiger partial charge in [0, 0.05) is 19.9 Å². The van der Waals surface area contributed by atoms with E-state index in [1.807, 2.05) is 20.5 Å². The monoisotopic (exact) mass is 134 g/mol. The molecule has 0 aliphatic rings. The van der Waals surface area contributed by atoms with E-state index >= 15 is 0 Å². The van der Waals surface area contributed by atoms with E-state index in [4.69, 9.17) is 0 Å². The third-order valence-electron chi connectivity index (χ3n) is 1.13. The van der Waals surface area contributed by atoms with E-state index in [1.54, 1.807) is 18.0 Å². The van der Waals surface area contributed by atoms with Crippen LogP contribution in [0.4, 0.5) is 0 Å². The third kappa shape index (κ3) is 2.49. The predicted molar refractivity (Wildman–Crippen MR) is 37.2 cm³/mol. The van der Waals surface area contributed by atoms with E-state index in [1.165, 1.54) is 0 Å². The summed E-state index contributed by atoms with van der Waals surface area (Å²) in [6.45, 7) is 7.18. The van der Waals surface area contributed by atoms with Crippen LogP contribution in [0.2, 0.25) is 0 Å². The Labute approximate surface area is 51.3 Å². The maximum Gasteiger partial charge on any atom is 0.144 e. The van der Waals surface area contributed by atoms with Gasteiger partial charge >= 0.3 is 0 Å². The Bertz CT molecular complexity index is 107. The van der Waals surface area contributed by atoms with Gasteiger partial charge in [-0.05, 0) is 14.0 Å². The topological polar surface area (TPSA) is 20.3 Å². The molecule has 0 N–H and O–H groups in total. The third-order valence-corrected chi connectivity index (χ3v) is 2.88. The lowest BCUT2D eigenvalue weighted by Crippen LogP contribution is -2.07. The first-order valence-electron chi connectivity index (χ1n) is 2.56. The van der Waals surface area contributed by atoms with Crippen LogP contribution >= 0.6 is 7.29 Å². The van der Waals surface area contributed by atoms with Gasteiger partial charge < -0.3 is 4.57 Å². The average molecular weight is 134 g/mol. The minimum Gasteiger partial charge on any atom is -0.307 e. The quantitative estimate of drug-likeness (QED) is 0.535. The average Bonchev–Trinajstić information content (AvgIpc) is 1.62. The highest BCUT2D eigenvalue weighted by Gasteiger charge is 2.10. The van der Waals surface area contributed by atoms with Gasteiger partial charge in [0.2, 0.25) is 0 Å². The lowest BCUT2D eigenvalue weighted by molar-refractivity contribution is 0.525. The van der Waals surface area contributed by atoms with E-state index in [2.05, 4.69) is 0 Å². The second-order valence-electron chi connectivity index (χ2n) is 2.13. The molecule has 0 heterocycles. The molecule has 0 aliphatic heterocycles. The number of rotatable bonds is 2. The summed E-state index contributed by atoms with van der Waals surface area (Å²) in [5.74, 6) is 0. The van der Waals surface area contributed by atoms with Crippen molar-refractivity contribution < 1.29 is 4.57 Å². The van der Waals surface area contributed by atoms with Crippen molar-refractivity contribution in [2.24, 2.45) is 0 Å². The summed E-state index contributed by atoms with van der Waals surface area (Å²) in [5.41, 5.74) is 0. The molecule has 8 heavy (non-hydrogen) atoms. The maximum absolute atomic E-state index is 11.0. The van der Waals surface area contributed by atoms with Crippen LogP contribution in [0.1, 0.15) is 6.92 Å². The molecule has 0 unspecified atom stereocenters. The van der Waals surface area contributed by atoms with Crippen molar-refractivity contribution in [1.29, 1.82) is 0 Å². The van der Waals surface area contributed by atoms with Gasteiger partial charge in [0.25, 0.3) is 0 Å². The van der Waals surface area contributed by atoms with Crippen molar-refractivity contribution in [2.75, 3.05) is 20.4 Å². The van der Waals surface area contributed by atoms with E-state index in [-0.39, 0.29) is 0 Å². The molecule has 0 rings (SSSR count). The van der Waals surface area contributed by atoms with Crippen molar-refractivity contribution in [3.63, 3.8) is 0 Å². The first kappa shape index (κ1) is 8.19. The summed E-state index contributed by atoms with van der Waals surface area (Å²) in [7, 11) is -0.159. The summed E-state index contributed by atoms with van der Waals surface area (Å²) < 4.78 is 12.8. The molecule has 0 aromatic carbocycles. The highest BCUT2D eigenvalue weighted by molar-refractivity contribution is 7.59. The van der Waals surface area contributed by atoms with Crippen molar-refractivity contribution >= 4 is 7.29 Å². The summed E-state index contributed by atoms with van der Waals surface area (Å²) in [5, 5.41) is 0. The molecule has 0 aromatic rings. The van der Waals surface area contributed by atoms with Gasteiger partial charge in [-0.2, -0.15) is 0 Å². The number of hydrogen-bond donors (Lipinski definition) is 0. The lowest BCUT2D eigenvalue weighted by Gasteiger charge is -2.17. The van der Waals surface area contributed by atoms with Crippen molar-refractivity contribution in [3.05, 3.63) is 6.54 Å². The first-order chi connectivity index (χ1) is 3.48. The standard InChI is InChI=1S/C5H13NOP/c1-5-6(2)8(3,4)7/h5H,1-4H3. The van der Waals surface area contributed by atoms with Crippen LogP contribution in [0.5, 0.6) is 0 Å². The largest absolute Gasteiger partial charge is 0.307 e. The molecular formula is C5H13NOP. The Hall–Kier alpha value is 0.190. The fourth-order valence-electron chi connectivity index (χ4n) is 0.278. The number of hydrogen-bond acceptors (Lipinski definition) is 1. The van der Waals surface area contributed by atoms with Crippen molar-refractivity contribution in [2.45, 2.75) is 6.92 Å². The molecule has 0 amide bonds. The molecule has 3 heteroatoms. The van der Waals surface area contributed by atoms with Gasteiger partial charge in [-0.1, -0.05) is 0 Å². The fraction of sp³-hybridized carbons (Fsp3) is 0.800. The fourth-order valence-corrected chi connectivity index (χ4v) is 0.834. The first-order valence-corrected chi connectivity index (χ1v) is 5.11. The van der Waals surface area contributed by atoms with Gasteiger partial charge in [-0.15, -0.1) is 0 Å². The lowest BCUT2D eigenvalue weighted by atomic mass is 10.8. The van der Waals surface area contributed by atoms with Gasteiger partial charge in [0.1, 0.15) is 7.29 Å². The molecule has 0 saturated carbocycles. The van der Waals surface area contributed by atoms with Crippen LogP contribution in [0.3, 0.4) is 0 Å². The highest BCUT2D eigenvalue weighted by Crippen LogP contribution is 2.39. The maximum atomic E-state index is 11.0. The van der Waals surface area contributed by atoms with E-state index in [0.717, 1.165) is 0 Å². The van der Waals surface area contributed by atoms with Crippen LogP contribution in [-0.4, -0.2) is 25.0 Å². The zero-order valence-corrected chi connectivity index (χ0v) is 6.77. The molecule has 0 atom stereocenters. The van der Waals surface area contributed by atoms with Gasteiger partial charge in [-0.3, -0.25) is 4.67 Å². The highest BCUT2D eigenvalue weighted by atomic mass is 31.2. The smallest absolute Gasteiger partial charge is 0.144 e. The minimum absolute atomic E-state index is 1.74. The number of nitrogens with zero attached hydrogens (tertiary/aromatic N) is 1. The van der Waals surface area contributed by atoms with E-state index in [0.29, 0.717) is 0 Å². The zero-order valence-electron chi connectivity index (χ0n) is 5.88. The molecule has 0 bridgehead atoms. The summed E-state index contributed by atoms with van der Waals surface area (Å²) in [6, 6.07) is 0. The van der Waals surface area contributed by atoms with E-state index < -0.39 is 7.29 Å². The van der Waals surface area contributed by atoms with Crippen LogP contribution < -0.4 is 0 Å².